The Balaban J connectivity index is 2.40. The maximum absolute atomic E-state index is 5.85. The number of nitrogens with zero attached hydrogens (tertiary/aromatic N) is 2. The lowest BCUT2D eigenvalue weighted by Crippen LogP contribution is -2.49. The van der Waals surface area contributed by atoms with E-state index in [1.807, 2.05) is 0 Å². The molecule has 0 bridgehead atoms. The fraction of sp³-hybridized carbons (Fsp3) is 1.00. The second-order valence-corrected chi connectivity index (χ2v) is 5.29. The molecule has 0 amide bonds. The van der Waals surface area contributed by atoms with E-state index >= 15 is 0 Å². The molecule has 3 heteroatoms. The van der Waals surface area contributed by atoms with Gasteiger partial charge < -0.3 is 10.6 Å². The van der Waals surface area contributed by atoms with Crippen LogP contribution in [0.4, 0.5) is 0 Å². The van der Waals surface area contributed by atoms with E-state index in [2.05, 4.69) is 37.7 Å². The first-order valence-corrected chi connectivity index (χ1v) is 6.16. The van der Waals surface area contributed by atoms with Crippen molar-refractivity contribution in [3.8, 4) is 0 Å². The molecule has 0 spiro atoms. The summed E-state index contributed by atoms with van der Waals surface area (Å²) in [6, 6.07) is 1.63. The highest BCUT2D eigenvalue weighted by molar-refractivity contribution is 4.81. The molecule has 1 aliphatic heterocycles. The predicted octanol–water partition coefficient (Wildman–Crippen LogP) is 1.14. The molecule has 0 saturated carbocycles. The second kappa shape index (κ2) is 5.83. The number of nitrogens with two attached hydrogens (primary N) is 1. The van der Waals surface area contributed by atoms with Crippen LogP contribution in [-0.4, -0.2) is 55.1 Å². The zero-order valence-electron chi connectivity index (χ0n) is 10.7. The van der Waals surface area contributed by atoms with Gasteiger partial charge in [0.1, 0.15) is 0 Å². The van der Waals surface area contributed by atoms with Crippen molar-refractivity contribution in [2.45, 2.75) is 51.2 Å². The maximum Gasteiger partial charge on any atom is 0.0223 e. The molecule has 15 heavy (non-hydrogen) atoms. The summed E-state index contributed by atoms with van der Waals surface area (Å²) in [7, 11) is 4.47. The van der Waals surface area contributed by atoms with Gasteiger partial charge in [-0.15, -0.1) is 0 Å². The average Bonchev–Trinajstić information content (AvgIpc) is 2.15. The van der Waals surface area contributed by atoms with Crippen molar-refractivity contribution >= 4 is 0 Å². The van der Waals surface area contributed by atoms with Crippen molar-refractivity contribution in [3.05, 3.63) is 0 Å². The van der Waals surface area contributed by atoms with Gasteiger partial charge in [-0.1, -0.05) is 0 Å². The van der Waals surface area contributed by atoms with Crippen LogP contribution in [-0.2, 0) is 0 Å². The maximum atomic E-state index is 5.85. The van der Waals surface area contributed by atoms with Crippen LogP contribution in [0.25, 0.3) is 0 Å². The minimum absolute atomic E-state index is 0.309. The van der Waals surface area contributed by atoms with Crippen molar-refractivity contribution < 1.29 is 0 Å². The smallest absolute Gasteiger partial charge is 0.0223 e. The largest absolute Gasteiger partial charge is 0.328 e. The van der Waals surface area contributed by atoms with Gasteiger partial charge in [0.15, 0.2) is 0 Å². The molecule has 1 rings (SSSR count). The number of hydrogen-bond donors (Lipinski definition) is 1. The Morgan fingerprint density at radius 3 is 2.67 bits per heavy atom. The summed E-state index contributed by atoms with van der Waals surface area (Å²) in [4.78, 5) is 4.95. The highest BCUT2D eigenvalue weighted by Gasteiger charge is 2.24. The third-order valence-electron chi connectivity index (χ3n) is 3.58. The third-order valence-corrected chi connectivity index (χ3v) is 3.58. The van der Waals surface area contributed by atoms with Gasteiger partial charge in [0.2, 0.25) is 0 Å². The monoisotopic (exact) mass is 213 g/mol. The topological polar surface area (TPSA) is 32.5 Å². The zero-order valence-corrected chi connectivity index (χ0v) is 10.7. The van der Waals surface area contributed by atoms with Crippen LogP contribution in [0, 0.1) is 0 Å². The summed E-state index contributed by atoms with van der Waals surface area (Å²) < 4.78 is 0. The van der Waals surface area contributed by atoms with Crippen molar-refractivity contribution in [3.63, 3.8) is 0 Å². The number of hydrogen-bond acceptors (Lipinski definition) is 3. The molecule has 1 aliphatic rings. The van der Waals surface area contributed by atoms with Crippen LogP contribution in [0.15, 0.2) is 0 Å². The van der Waals surface area contributed by atoms with Crippen molar-refractivity contribution in [2.75, 3.05) is 27.2 Å². The lowest BCUT2D eigenvalue weighted by atomic mass is 10.0. The van der Waals surface area contributed by atoms with Gasteiger partial charge in [0.05, 0.1) is 0 Å². The zero-order chi connectivity index (χ0) is 11.4. The first kappa shape index (κ1) is 12.9. The predicted molar refractivity (Wildman–Crippen MR) is 66.0 cm³/mol. The van der Waals surface area contributed by atoms with E-state index in [1.165, 1.54) is 25.9 Å². The fourth-order valence-electron chi connectivity index (χ4n) is 2.54. The Bertz CT molecular complexity index is 182. The van der Waals surface area contributed by atoms with Crippen LogP contribution < -0.4 is 5.73 Å². The molecule has 3 atom stereocenters. The fourth-order valence-corrected chi connectivity index (χ4v) is 2.54. The number of likely N-dealkylation sites (tertiary alicyclic amines) is 1. The van der Waals surface area contributed by atoms with Crippen LogP contribution in [0.2, 0.25) is 0 Å². The SMILES string of the molecule is CC(N)CC(C)N(C)C1CCCN(C)C1. The van der Waals surface area contributed by atoms with Gasteiger partial charge in [-0.3, -0.25) is 4.90 Å². The Morgan fingerprint density at radius 1 is 1.47 bits per heavy atom. The second-order valence-electron chi connectivity index (χ2n) is 5.29. The van der Waals surface area contributed by atoms with Gasteiger partial charge >= 0.3 is 0 Å². The van der Waals surface area contributed by atoms with Gasteiger partial charge in [-0.25, -0.2) is 0 Å². The van der Waals surface area contributed by atoms with E-state index in [0.717, 1.165) is 12.5 Å². The molecular weight excluding hydrogens is 186 g/mol. The van der Waals surface area contributed by atoms with Gasteiger partial charge in [0.25, 0.3) is 0 Å². The third kappa shape index (κ3) is 4.09. The molecule has 1 heterocycles. The van der Waals surface area contributed by atoms with Crippen LogP contribution >= 0.6 is 0 Å². The molecule has 3 nitrogen and oxygen atoms in total. The number of likely N-dealkylation sites (N-methyl/N-ethyl adjacent to an activating group) is 2. The Labute approximate surface area is 94.6 Å². The summed E-state index contributed by atoms with van der Waals surface area (Å²) in [5.41, 5.74) is 5.85. The first-order chi connectivity index (χ1) is 7.00. The quantitative estimate of drug-likeness (QED) is 0.760. The molecule has 1 fully saturated rings. The van der Waals surface area contributed by atoms with Gasteiger partial charge in [-0.2, -0.15) is 0 Å². The molecule has 3 unspecified atom stereocenters. The summed E-state index contributed by atoms with van der Waals surface area (Å²) >= 11 is 0. The van der Waals surface area contributed by atoms with E-state index in [4.69, 9.17) is 5.73 Å². The summed E-state index contributed by atoms with van der Waals surface area (Å²) in [6.45, 7) is 6.85. The first-order valence-electron chi connectivity index (χ1n) is 6.16. The molecule has 0 aromatic rings. The standard InChI is InChI=1S/C12H27N3/c1-10(13)8-11(2)15(4)12-6-5-7-14(3)9-12/h10-12H,5-9,13H2,1-4H3. The lowest BCUT2D eigenvalue weighted by molar-refractivity contribution is 0.0992. The molecule has 2 N–H and O–H groups in total. The van der Waals surface area contributed by atoms with Gasteiger partial charge in [-0.05, 0) is 53.8 Å². The van der Waals surface area contributed by atoms with Crippen LogP contribution in [0.1, 0.15) is 33.1 Å². The normalized spacial score (nSPS) is 28.0. The lowest BCUT2D eigenvalue weighted by Gasteiger charge is -2.39. The molecular formula is C12H27N3. The molecule has 1 saturated heterocycles. The van der Waals surface area contributed by atoms with Crippen LogP contribution in [0.3, 0.4) is 0 Å². The number of rotatable bonds is 4. The Morgan fingerprint density at radius 2 is 2.13 bits per heavy atom. The molecule has 0 aromatic heterocycles. The molecule has 0 aliphatic carbocycles. The van der Waals surface area contributed by atoms with Crippen molar-refractivity contribution in [1.82, 2.24) is 9.80 Å². The minimum atomic E-state index is 0.309. The van der Waals surface area contributed by atoms with Crippen molar-refractivity contribution in [2.24, 2.45) is 5.73 Å². The highest BCUT2D eigenvalue weighted by Crippen LogP contribution is 2.17. The van der Waals surface area contributed by atoms with E-state index in [9.17, 15) is 0 Å². The molecule has 90 valence electrons. The molecule has 0 aromatic carbocycles. The van der Waals surface area contributed by atoms with E-state index < -0.39 is 0 Å². The summed E-state index contributed by atoms with van der Waals surface area (Å²) in [6.07, 6.45) is 3.76. The van der Waals surface area contributed by atoms with E-state index in [1.54, 1.807) is 0 Å². The van der Waals surface area contributed by atoms with E-state index in [-0.39, 0.29) is 0 Å². The summed E-state index contributed by atoms with van der Waals surface area (Å²) in [5, 5.41) is 0. The van der Waals surface area contributed by atoms with E-state index in [0.29, 0.717) is 12.1 Å². The molecule has 0 radical (unpaired) electrons. The Hall–Kier alpha value is -0.120. The van der Waals surface area contributed by atoms with Crippen molar-refractivity contribution in [1.29, 1.82) is 0 Å². The number of piperidine rings is 1. The minimum Gasteiger partial charge on any atom is -0.328 e. The Kier molecular flexibility index (Phi) is 5.03. The highest BCUT2D eigenvalue weighted by atomic mass is 15.2. The van der Waals surface area contributed by atoms with Gasteiger partial charge in [0, 0.05) is 24.7 Å². The summed E-state index contributed by atoms with van der Waals surface area (Å²) in [5.74, 6) is 0. The average molecular weight is 213 g/mol. The van der Waals surface area contributed by atoms with Crippen LogP contribution in [0.5, 0.6) is 0 Å².